The van der Waals surface area contributed by atoms with Crippen LogP contribution in [0.2, 0.25) is 0 Å². The molecular weight excluding hydrogens is 292 g/mol. The summed E-state index contributed by atoms with van der Waals surface area (Å²) in [7, 11) is 1.26. The second kappa shape index (κ2) is 5.13. The summed E-state index contributed by atoms with van der Waals surface area (Å²) in [6.45, 7) is 5.49. The fourth-order valence-corrected chi connectivity index (χ4v) is 3.26. The summed E-state index contributed by atoms with van der Waals surface area (Å²) in [6.07, 6.45) is -0.184. The molecule has 122 valence electrons. The van der Waals surface area contributed by atoms with Crippen LogP contribution in [0.4, 0.5) is 0 Å². The van der Waals surface area contributed by atoms with Crippen molar-refractivity contribution in [1.29, 1.82) is 0 Å². The molecule has 3 rings (SSSR count). The molecule has 3 aliphatic heterocycles. The number of ether oxygens (including phenoxy) is 5. The van der Waals surface area contributed by atoms with E-state index in [0.717, 1.165) is 0 Å². The maximum Gasteiger partial charge on any atom is 0.330 e. The first-order chi connectivity index (χ1) is 10.2. The van der Waals surface area contributed by atoms with Crippen LogP contribution in [-0.2, 0) is 33.3 Å². The predicted molar refractivity (Wildman–Crippen MR) is 72.8 cm³/mol. The van der Waals surface area contributed by atoms with Gasteiger partial charge in [-0.3, -0.25) is 4.79 Å². The van der Waals surface area contributed by atoms with Gasteiger partial charge in [-0.15, -0.1) is 0 Å². The minimum Gasteiger partial charge on any atom is -0.466 e. The van der Waals surface area contributed by atoms with E-state index < -0.39 is 35.9 Å². The monoisotopic (exact) mass is 312 g/mol. The van der Waals surface area contributed by atoms with Gasteiger partial charge >= 0.3 is 5.97 Å². The summed E-state index contributed by atoms with van der Waals surface area (Å²) >= 11 is 0. The standard InChI is InChI=1S/C15H20O7/c1-14(2)21-13-15(3,22-14)12-10(20-13)6-9(16)8(7-19-12)5-11(17)18-4/h5,10,12-13H,6-7H2,1-4H3/b8-5-/t10-,12?,13-,15-/m1/s1. The Bertz CT molecular complexity index is 538. The van der Waals surface area contributed by atoms with Crippen LogP contribution in [0.5, 0.6) is 0 Å². The number of carbonyl (C=O) groups is 2. The Balaban J connectivity index is 1.82. The number of fused-ring (bicyclic) bond motifs is 3. The number of methoxy groups -OCH3 is 1. The van der Waals surface area contributed by atoms with Gasteiger partial charge in [-0.05, 0) is 20.8 Å². The van der Waals surface area contributed by atoms with Crippen molar-refractivity contribution in [3.05, 3.63) is 11.6 Å². The topological polar surface area (TPSA) is 80.3 Å². The smallest absolute Gasteiger partial charge is 0.330 e. The summed E-state index contributed by atoms with van der Waals surface area (Å²) in [4.78, 5) is 23.6. The fourth-order valence-electron chi connectivity index (χ4n) is 3.26. The van der Waals surface area contributed by atoms with Gasteiger partial charge in [0, 0.05) is 18.1 Å². The Hall–Kier alpha value is -1.28. The zero-order valence-electron chi connectivity index (χ0n) is 13.1. The molecule has 0 amide bonds. The fraction of sp³-hybridized carbons (Fsp3) is 0.733. The van der Waals surface area contributed by atoms with Gasteiger partial charge in [0.25, 0.3) is 0 Å². The number of ketones is 1. The lowest BCUT2D eigenvalue weighted by molar-refractivity contribution is -0.222. The van der Waals surface area contributed by atoms with Crippen molar-refractivity contribution in [2.24, 2.45) is 0 Å². The molecule has 3 saturated heterocycles. The summed E-state index contributed by atoms with van der Waals surface area (Å²) < 4.78 is 27.9. The number of Topliss-reactive ketones (excluding diaryl/α,β-unsaturated/α-hetero) is 1. The third-order valence-electron chi connectivity index (χ3n) is 4.18. The normalized spacial score (nSPS) is 41.9. The molecule has 3 aliphatic rings. The maximum absolute atomic E-state index is 12.2. The van der Waals surface area contributed by atoms with E-state index in [1.54, 1.807) is 13.8 Å². The molecule has 0 bridgehead atoms. The minimum atomic E-state index is -0.783. The Morgan fingerprint density at radius 3 is 2.77 bits per heavy atom. The van der Waals surface area contributed by atoms with Gasteiger partial charge < -0.3 is 23.7 Å². The van der Waals surface area contributed by atoms with E-state index in [-0.39, 0.29) is 24.4 Å². The first-order valence-electron chi connectivity index (χ1n) is 7.22. The van der Waals surface area contributed by atoms with Crippen molar-refractivity contribution in [3.8, 4) is 0 Å². The molecule has 0 aromatic rings. The van der Waals surface area contributed by atoms with E-state index in [0.29, 0.717) is 0 Å². The van der Waals surface area contributed by atoms with E-state index in [4.69, 9.17) is 18.9 Å². The summed E-state index contributed by atoms with van der Waals surface area (Å²) in [5.41, 5.74) is -0.502. The van der Waals surface area contributed by atoms with Gasteiger partial charge in [-0.25, -0.2) is 4.79 Å². The van der Waals surface area contributed by atoms with Crippen LogP contribution >= 0.6 is 0 Å². The third-order valence-corrected chi connectivity index (χ3v) is 4.18. The largest absolute Gasteiger partial charge is 0.466 e. The molecule has 22 heavy (non-hydrogen) atoms. The second-order valence-corrected chi connectivity index (χ2v) is 6.36. The lowest BCUT2D eigenvalue weighted by Crippen LogP contribution is -2.46. The number of carbonyl (C=O) groups excluding carboxylic acids is 2. The Labute approximate surface area is 128 Å². The first kappa shape index (κ1) is 15.6. The van der Waals surface area contributed by atoms with Gasteiger partial charge in [0.15, 0.2) is 17.9 Å². The zero-order valence-corrected chi connectivity index (χ0v) is 13.1. The van der Waals surface area contributed by atoms with Crippen molar-refractivity contribution in [2.75, 3.05) is 13.7 Å². The number of hydrogen-bond donors (Lipinski definition) is 0. The quantitative estimate of drug-likeness (QED) is 0.521. The molecule has 7 heteroatoms. The molecule has 0 spiro atoms. The van der Waals surface area contributed by atoms with Gasteiger partial charge in [0.05, 0.1) is 19.8 Å². The molecule has 0 N–H and O–H groups in total. The molecule has 3 fully saturated rings. The third kappa shape index (κ3) is 2.48. The SMILES string of the molecule is COC(=O)/C=C1/COC2[C@@H](CC1=O)O[C@@H]1OC(C)(C)O[C@]21C. The summed E-state index contributed by atoms with van der Waals surface area (Å²) in [5, 5.41) is 0. The van der Waals surface area contributed by atoms with Crippen LogP contribution in [0.25, 0.3) is 0 Å². The summed E-state index contributed by atoms with van der Waals surface area (Å²) in [6, 6.07) is 0. The van der Waals surface area contributed by atoms with E-state index in [2.05, 4.69) is 4.74 Å². The van der Waals surface area contributed by atoms with E-state index in [9.17, 15) is 9.59 Å². The van der Waals surface area contributed by atoms with E-state index in [1.165, 1.54) is 13.2 Å². The molecule has 7 nitrogen and oxygen atoms in total. The highest BCUT2D eigenvalue weighted by Crippen LogP contribution is 2.48. The van der Waals surface area contributed by atoms with Crippen molar-refractivity contribution in [3.63, 3.8) is 0 Å². The van der Waals surface area contributed by atoms with Gasteiger partial charge in [-0.1, -0.05) is 0 Å². The highest BCUT2D eigenvalue weighted by Gasteiger charge is 2.64. The van der Waals surface area contributed by atoms with Crippen LogP contribution in [0.1, 0.15) is 27.2 Å². The molecule has 4 atom stereocenters. The van der Waals surface area contributed by atoms with Gasteiger partial charge in [0.2, 0.25) is 0 Å². The average Bonchev–Trinajstić information content (AvgIpc) is 2.70. The Morgan fingerprint density at radius 1 is 1.36 bits per heavy atom. The van der Waals surface area contributed by atoms with Gasteiger partial charge in [-0.2, -0.15) is 0 Å². The number of hydrogen-bond acceptors (Lipinski definition) is 7. The zero-order chi connectivity index (χ0) is 16.1. The highest BCUT2D eigenvalue weighted by atomic mass is 16.8. The lowest BCUT2D eigenvalue weighted by Gasteiger charge is -2.30. The molecule has 0 saturated carbocycles. The molecule has 0 aromatic carbocycles. The number of esters is 1. The molecule has 0 aromatic heterocycles. The average molecular weight is 312 g/mol. The second-order valence-electron chi connectivity index (χ2n) is 6.36. The lowest BCUT2D eigenvalue weighted by atomic mass is 9.95. The maximum atomic E-state index is 12.2. The van der Waals surface area contributed by atoms with Crippen LogP contribution in [-0.4, -0.2) is 55.4 Å². The molecule has 1 unspecified atom stereocenters. The summed E-state index contributed by atoms with van der Waals surface area (Å²) in [5.74, 6) is -1.54. The van der Waals surface area contributed by atoms with Gasteiger partial charge in [0.1, 0.15) is 11.7 Å². The molecule has 0 aliphatic carbocycles. The first-order valence-corrected chi connectivity index (χ1v) is 7.22. The van der Waals surface area contributed by atoms with Crippen LogP contribution in [0.3, 0.4) is 0 Å². The van der Waals surface area contributed by atoms with E-state index in [1.807, 2.05) is 6.92 Å². The molecular formula is C15H20O7. The van der Waals surface area contributed by atoms with Crippen LogP contribution in [0, 0.1) is 0 Å². The van der Waals surface area contributed by atoms with Crippen LogP contribution < -0.4 is 0 Å². The van der Waals surface area contributed by atoms with Crippen molar-refractivity contribution >= 4 is 11.8 Å². The van der Waals surface area contributed by atoms with Crippen molar-refractivity contribution in [2.45, 2.75) is 57.1 Å². The Morgan fingerprint density at radius 2 is 2.09 bits per heavy atom. The molecule has 3 heterocycles. The Kier molecular flexibility index (Phi) is 3.64. The molecule has 0 radical (unpaired) electrons. The van der Waals surface area contributed by atoms with Crippen LogP contribution in [0.15, 0.2) is 11.6 Å². The number of rotatable bonds is 1. The highest BCUT2D eigenvalue weighted by molar-refractivity contribution is 6.01. The predicted octanol–water partition coefficient (Wildman–Crippen LogP) is 0.710. The van der Waals surface area contributed by atoms with E-state index >= 15 is 0 Å². The van der Waals surface area contributed by atoms with Crippen molar-refractivity contribution in [1.82, 2.24) is 0 Å². The minimum absolute atomic E-state index is 0.0184. The van der Waals surface area contributed by atoms with Crippen molar-refractivity contribution < 1.29 is 33.3 Å².